The molecular formula is C10H12ClNO3. The SMILES string of the molecule is CCOc1ccccc1OC(=O)N(C)Cl. The summed E-state index contributed by atoms with van der Waals surface area (Å²) >= 11 is 5.43. The molecule has 4 nitrogen and oxygen atoms in total. The molecule has 0 N–H and O–H groups in total. The lowest BCUT2D eigenvalue weighted by atomic mass is 10.3. The Morgan fingerprint density at radius 2 is 2.00 bits per heavy atom. The van der Waals surface area contributed by atoms with Crippen LogP contribution in [0.5, 0.6) is 11.5 Å². The van der Waals surface area contributed by atoms with Crippen molar-refractivity contribution < 1.29 is 14.3 Å². The molecule has 15 heavy (non-hydrogen) atoms. The second kappa shape index (κ2) is 5.46. The number of nitrogens with zero attached hydrogens (tertiary/aromatic N) is 1. The van der Waals surface area contributed by atoms with Gasteiger partial charge in [0.25, 0.3) is 0 Å². The summed E-state index contributed by atoms with van der Waals surface area (Å²) in [6, 6.07) is 6.91. The van der Waals surface area contributed by atoms with Gasteiger partial charge in [-0.25, -0.2) is 9.21 Å². The molecule has 0 aliphatic carbocycles. The van der Waals surface area contributed by atoms with Gasteiger partial charge in [0, 0.05) is 18.8 Å². The van der Waals surface area contributed by atoms with E-state index >= 15 is 0 Å². The number of carbonyl (C=O) groups excluding carboxylic acids is 1. The number of hydrogen-bond donors (Lipinski definition) is 0. The van der Waals surface area contributed by atoms with E-state index in [4.69, 9.17) is 21.3 Å². The molecule has 1 rings (SSSR count). The van der Waals surface area contributed by atoms with Crippen LogP contribution < -0.4 is 9.47 Å². The van der Waals surface area contributed by atoms with Crippen LogP contribution in [0.25, 0.3) is 0 Å². The fourth-order valence-corrected chi connectivity index (χ4v) is 1.00. The van der Waals surface area contributed by atoms with Crippen molar-refractivity contribution in [1.82, 2.24) is 4.42 Å². The van der Waals surface area contributed by atoms with E-state index in [1.165, 1.54) is 7.05 Å². The lowest BCUT2D eigenvalue weighted by molar-refractivity contribution is 0.183. The minimum atomic E-state index is -0.649. The van der Waals surface area contributed by atoms with Gasteiger partial charge in [-0.15, -0.1) is 0 Å². The number of hydrogen-bond acceptors (Lipinski definition) is 3. The van der Waals surface area contributed by atoms with Crippen LogP contribution in [-0.2, 0) is 0 Å². The first-order valence-corrected chi connectivity index (χ1v) is 4.82. The van der Waals surface area contributed by atoms with Gasteiger partial charge in [-0.2, -0.15) is 0 Å². The van der Waals surface area contributed by atoms with Crippen molar-refractivity contribution in [2.45, 2.75) is 6.92 Å². The number of carbonyl (C=O) groups is 1. The lowest BCUT2D eigenvalue weighted by Gasteiger charge is -2.11. The zero-order chi connectivity index (χ0) is 11.3. The number of ether oxygens (including phenoxy) is 2. The molecule has 0 unspecified atom stereocenters. The molecule has 0 saturated carbocycles. The average Bonchev–Trinajstić information content (AvgIpc) is 2.21. The highest BCUT2D eigenvalue weighted by Gasteiger charge is 2.11. The predicted molar refractivity (Wildman–Crippen MR) is 57.3 cm³/mol. The molecule has 5 heteroatoms. The van der Waals surface area contributed by atoms with Crippen molar-refractivity contribution in [3.63, 3.8) is 0 Å². The summed E-state index contributed by atoms with van der Waals surface area (Å²) in [6.45, 7) is 2.36. The summed E-state index contributed by atoms with van der Waals surface area (Å²) in [7, 11) is 1.40. The van der Waals surface area contributed by atoms with Crippen LogP contribution in [0.1, 0.15) is 6.92 Å². The van der Waals surface area contributed by atoms with Crippen LogP contribution in [0, 0.1) is 0 Å². The van der Waals surface area contributed by atoms with E-state index in [1.807, 2.05) is 6.92 Å². The minimum absolute atomic E-state index is 0.358. The van der Waals surface area contributed by atoms with Crippen molar-refractivity contribution in [2.75, 3.05) is 13.7 Å². The molecule has 0 aromatic heterocycles. The smallest absolute Gasteiger partial charge is 0.429 e. The minimum Gasteiger partial charge on any atom is -0.490 e. The van der Waals surface area contributed by atoms with Crippen molar-refractivity contribution >= 4 is 17.9 Å². The first-order chi connectivity index (χ1) is 7.15. The fraction of sp³-hybridized carbons (Fsp3) is 0.300. The Morgan fingerprint density at radius 1 is 1.40 bits per heavy atom. The van der Waals surface area contributed by atoms with E-state index in [1.54, 1.807) is 24.3 Å². The van der Waals surface area contributed by atoms with Gasteiger partial charge in [-0.05, 0) is 19.1 Å². The van der Waals surface area contributed by atoms with Gasteiger partial charge in [-0.3, -0.25) is 0 Å². The van der Waals surface area contributed by atoms with Crippen LogP contribution in [0.4, 0.5) is 4.79 Å². The molecule has 0 radical (unpaired) electrons. The Labute approximate surface area is 93.5 Å². The number of rotatable bonds is 3. The van der Waals surface area contributed by atoms with Gasteiger partial charge < -0.3 is 9.47 Å². The molecule has 1 aromatic rings. The molecule has 0 spiro atoms. The average molecular weight is 230 g/mol. The summed E-state index contributed by atoms with van der Waals surface area (Å²) < 4.78 is 11.1. The molecule has 0 aliphatic heterocycles. The van der Waals surface area contributed by atoms with Gasteiger partial charge >= 0.3 is 6.09 Å². The van der Waals surface area contributed by atoms with Gasteiger partial charge in [0.2, 0.25) is 0 Å². The Bertz CT molecular complexity index is 341. The fourth-order valence-electron chi connectivity index (χ4n) is 0.966. The molecule has 0 saturated heterocycles. The molecule has 82 valence electrons. The maximum absolute atomic E-state index is 11.2. The van der Waals surface area contributed by atoms with Crippen LogP contribution in [0.2, 0.25) is 0 Å². The largest absolute Gasteiger partial charge is 0.490 e. The summed E-state index contributed by atoms with van der Waals surface area (Å²) in [6.07, 6.45) is -0.649. The highest BCUT2D eigenvalue weighted by atomic mass is 35.5. The molecular weight excluding hydrogens is 218 g/mol. The third-order valence-corrected chi connectivity index (χ3v) is 1.74. The second-order valence-electron chi connectivity index (χ2n) is 2.72. The van der Waals surface area contributed by atoms with Crippen LogP contribution >= 0.6 is 11.8 Å². The normalized spacial score (nSPS) is 9.53. The highest BCUT2D eigenvalue weighted by Crippen LogP contribution is 2.26. The summed E-state index contributed by atoms with van der Waals surface area (Å²) in [5.41, 5.74) is 0. The van der Waals surface area contributed by atoms with Crippen LogP contribution in [-0.4, -0.2) is 24.2 Å². The van der Waals surface area contributed by atoms with Crippen molar-refractivity contribution in [3.05, 3.63) is 24.3 Å². The first kappa shape index (κ1) is 11.7. The van der Waals surface area contributed by atoms with Crippen LogP contribution in [0.3, 0.4) is 0 Å². The zero-order valence-electron chi connectivity index (χ0n) is 8.57. The molecule has 0 atom stereocenters. The topological polar surface area (TPSA) is 38.8 Å². The van der Waals surface area contributed by atoms with Gasteiger partial charge in [0.15, 0.2) is 11.5 Å². The highest BCUT2D eigenvalue weighted by molar-refractivity contribution is 6.20. The third kappa shape index (κ3) is 3.32. The van der Waals surface area contributed by atoms with E-state index in [2.05, 4.69) is 0 Å². The van der Waals surface area contributed by atoms with Gasteiger partial charge in [-0.1, -0.05) is 12.1 Å². The van der Waals surface area contributed by atoms with Crippen molar-refractivity contribution in [2.24, 2.45) is 0 Å². The number of amides is 1. The van der Waals surface area contributed by atoms with Gasteiger partial charge in [0.1, 0.15) is 0 Å². The summed E-state index contributed by atoms with van der Waals surface area (Å²) in [4.78, 5) is 11.2. The van der Waals surface area contributed by atoms with E-state index in [0.29, 0.717) is 18.1 Å². The Balaban J connectivity index is 2.79. The van der Waals surface area contributed by atoms with Crippen molar-refractivity contribution in [1.29, 1.82) is 0 Å². The summed E-state index contributed by atoms with van der Waals surface area (Å²) in [5.74, 6) is 0.878. The Hall–Kier alpha value is -1.42. The summed E-state index contributed by atoms with van der Waals surface area (Å²) in [5, 5.41) is 0. The van der Waals surface area contributed by atoms with Gasteiger partial charge in [0.05, 0.1) is 6.61 Å². The zero-order valence-corrected chi connectivity index (χ0v) is 9.32. The number of halogens is 1. The lowest BCUT2D eigenvalue weighted by Crippen LogP contribution is -2.20. The predicted octanol–water partition coefficient (Wildman–Crippen LogP) is 2.67. The number of benzene rings is 1. The van der Waals surface area contributed by atoms with Crippen LogP contribution in [0.15, 0.2) is 24.3 Å². The molecule has 0 aliphatic rings. The second-order valence-corrected chi connectivity index (χ2v) is 3.23. The monoisotopic (exact) mass is 229 g/mol. The Kier molecular flexibility index (Phi) is 4.24. The third-order valence-electron chi connectivity index (χ3n) is 1.60. The van der Waals surface area contributed by atoms with E-state index in [0.717, 1.165) is 4.42 Å². The number of para-hydroxylation sites is 2. The van der Waals surface area contributed by atoms with E-state index in [-0.39, 0.29) is 0 Å². The van der Waals surface area contributed by atoms with E-state index in [9.17, 15) is 4.79 Å². The maximum Gasteiger partial charge on any atom is 0.429 e. The molecule has 0 heterocycles. The first-order valence-electron chi connectivity index (χ1n) is 4.48. The maximum atomic E-state index is 11.2. The van der Waals surface area contributed by atoms with Crippen molar-refractivity contribution in [3.8, 4) is 11.5 Å². The molecule has 1 amide bonds. The van der Waals surface area contributed by atoms with E-state index < -0.39 is 6.09 Å². The molecule has 0 bridgehead atoms. The Morgan fingerprint density at radius 3 is 2.53 bits per heavy atom. The molecule has 0 fully saturated rings. The molecule has 1 aromatic carbocycles. The standard InChI is InChI=1S/C10H12ClNO3/c1-3-14-8-6-4-5-7-9(8)15-10(13)12(2)11/h4-7H,3H2,1-2H3. The quantitative estimate of drug-likeness (QED) is 0.748.